The molecule has 1 N–H and O–H groups in total. The van der Waals surface area contributed by atoms with Gasteiger partial charge in [-0.15, -0.1) is 0 Å². The van der Waals surface area contributed by atoms with Gasteiger partial charge in [0.25, 0.3) is 0 Å². The Kier molecular flexibility index (Phi) is 6.75. The van der Waals surface area contributed by atoms with Crippen molar-refractivity contribution in [1.29, 1.82) is 0 Å². The van der Waals surface area contributed by atoms with Crippen LogP contribution >= 0.6 is 15.9 Å². The molecule has 0 aliphatic heterocycles. The first-order valence-electron chi connectivity index (χ1n) is 3.60. The third-order valence-electron chi connectivity index (χ3n) is 1.20. The van der Waals surface area contributed by atoms with Crippen LogP contribution in [-0.4, -0.2) is 30.9 Å². The van der Waals surface area contributed by atoms with Gasteiger partial charge in [0.2, 0.25) is 5.91 Å². The van der Waals surface area contributed by atoms with Crippen LogP contribution in [0.2, 0.25) is 0 Å². The van der Waals surface area contributed by atoms with E-state index in [4.69, 9.17) is 0 Å². The zero-order valence-corrected chi connectivity index (χ0v) is 8.52. The molecule has 0 aliphatic carbocycles. The van der Waals surface area contributed by atoms with Crippen LogP contribution in [0.15, 0.2) is 0 Å². The molecule has 0 aromatic rings. The lowest BCUT2D eigenvalue weighted by Gasteiger charge is -2.01. The van der Waals surface area contributed by atoms with Crippen molar-refractivity contribution < 1.29 is 14.3 Å². The molecule has 0 saturated heterocycles. The molecule has 0 aromatic carbocycles. The molecular formula is C7H12BrNO3. The summed E-state index contributed by atoms with van der Waals surface area (Å²) < 4.78 is 4.39. The minimum atomic E-state index is -0.311. The molecule has 0 spiro atoms. The molecule has 12 heavy (non-hydrogen) atoms. The van der Waals surface area contributed by atoms with Crippen molar-refractivity contribution in [3.05, 3.63) is 0 Å². The van der Waals surface area contributed by atoms with Gasteiger partial charge in [-0.2, -0.15) is 0 Å². The Balaban J connectivity index is 3.30. The third-order valence-corrected chi connectivity index (χ3v) is 1.60. The lowest BCUT2D eigenvalue weighted by atomic mass is 10.4. The number of nitrogens with one attached hydrogen (secondary N) is 1. The zero-order chi connectivity index (χ0) is 9.40. The number of ether oxygens (including phenoxy) is 1. The maximum atomic E-state index is 10.8. The summed E-state index contributed by atoms with van der Waals surface area (Å²) in [5, 5.41) is 3.21. The lowest BCUT2D eigenvalue weighted by molar-refractivity contribution is -0.140. The third kappa shape index (κ3) is 6.15. The molecule has 0 unspecified atom stereocenters. The largest absolute Gasteiger partial charge is 0.469 e. The number of halogens is 1. The molecule has 0 bridgehead atoms. The summed E-state index contributed by atoms with van der Waals surface area (Å²) in [4.78, 5) is 21.4. The Morgan fingerprint density at radius 3 is 2.58 bits per heavy atom. The van der Waals surface area contributed by atoms with Crippen LogP contribution in [0.1, 0.15) is 12.8 Å². The van der Waals surface area contributed by atoms with Crippen LogP contribution in [0.4, 0.5) is 0 Å². The number of rotatable bonds is 5. The van der Waals surface area contributed by atoms with Crippen LogP contribution < -0.4 is 5.32 Å². The standard InChI is InChI=1S/C7H12BrNO3/c1-12-7(11)3-5-9-6(10)2-4-8/h2-5H2,1H3,(H,9,10). The van der Waals surface area contributed by atoms with Crippen molar-refractivity contribution in [2.45, 2.75) is 12.8 Å². The van der Waals surface area contributed by atoms with Crippen molar-refractivity contribution >= 4 is 27.8 Å². The SMILES string of the molecule is COC(=O)CCNC(=O)CCBr. The molecule has 5 heteroatoms. The second kappa shape index (κ2) is 7.09. The Hall–Kier alpha value is -0.580. The fraction of sp³-hybridized carbons (Fsp3) is 0.714. The Morgan fingerprint density at radius 1 is 1.42 bits per heavy atom. The first-order chi connectivity index (χ1) is 5.70. The number of methoxy groups -OCH3 is 1. The summed E-state index contributed by atoms with van der Waals surface area (Å²) in [5.41, 5.74) is 0. The summed E-state index contributed by atoms with van der Waals surface area (Å²) >= 11 is 3.13. The summed E-state index contributed by atoms with van der Waals surface area (Å²) in [6.07, 6.45) is 0.658. The van der Waals surface area contributed by atoms with E-state index in [1.807, 2.05) is 0 Å². The molecule has 0 saturated carbocycles. The average molecular weight is 238 g/mol. The minimum Gasteiger partial charge on any atom is -0.469 e. The molecule has 70 valence electrons. The summed E-state index contributed by atoms with van der Waals surface area (Å²) in [7, 11) is 1.32. The first-order valence-corrected chi connectivity index (χ1v) is 4.72. The smallest absolute Gasteiger partial charge is 0.307 e. The Labute approximate surface area is 79.8 Å². The highest BCUT2D eigenvalue weighted by Crippen LogP contribution is 1.87. The van der Waals surface area contributed by atoms with E-state index in [1.165, 1.54) is 7.11 Å². The van der Waals surface area contributed by atoms with Gasteiger partial charge in [-0.25, -0.2) is 0 Å². The molecule has 0 heterocycles. The zero-order valence-electron chi connectivity index (χ0n) is 6.93. The second-order valence-electron chi connectivity index (χ2n) is 2.12. The lowest BCUT2D eigenvalue weighted by Crippen LogP contribution is -2.26. The number of hydrogen-bond acceptors (Lipinski definition) is 3. The number of amides is 1. The van der Waals surface area contributed by atoms with E-state index in [9.17, 15) is 9.59 Å². The van der Waals surface area contributed by atoms with Gasteiger partial charge in [0.05, 0.1) is 13.5 Å². The van der Waals surface area contributed by atoms with Gasteiger partial charge >= 0.3 is 5.97 Å². The molecule has 0 rings (SSSR count). The van der Waals surface area contributed by atoms with E-state index in [1.54, 1.807) is 0 Å². The van der Waals surface area contributed by atoms with E-state index in [-0.39, 0.29) is 18.3 Å². The molecule has 0 aromatic heterocycles. The van der Waals surface area contributed by atoms with Gasteiger partial charge in [-0.05, 0) is 0 Å². The predicted octanol–water partition coefficient (Wildman–Crippen LogP) is 0.451. The van der Waals surface area contributed by atoms with E-state index in [0.717, 1.165) is 0 Å². The fourth-order valence-electron chi connectivity index (χ4n) is 0.580. The molecule has 0 fully saturated rings. The highest BCUT2D eigenvalue weighted by molar-refractivity contribution is 9.09. The average Bonchev–Trinajstić information content (AvgIpc) is 2.04. The van der Waals surface area contributed by atoms with Crippen LogP contribution in [0.25, 0.3) is 0 Å². The highest BCUT2D eigenvalue weighted by atomic mass is 79.9. The van der Waals surface area contributed by atoms with Crippen LogP contribution in [-0.2, 0) is 14.3 Å². The summed E-state index contributed by atoms with van der Waals surface area (Å²) in [5.74, 6) is -0.370. The van der Waals surface area contributed by atoms with Crippen molar-refractivity contribution in [3.63, 3.8) is 0 Å². The number of carbonyl (C=O) groups excluding carboxylic acids is 2. The normalized spacial score (nSPS) is 9.17. The van der Waals surface area contributed by atoms with Crippen LogP contribution in [0.3, 0.4) is 0 Å². The monoisotopic (exact) mass is 237 g/mol. The van der Waals surface area contributed by atoms with Crippen molar-refractivity contribution in [1.82, 2.24) is 5.32 Å². The second-order valence-corrected chi connectivity index (χ2v) is 2.91. The number of alkyl halides is 1. The van der Waals surface area contributed by atoms with E-state index < -0.39 is 0 Å². The first kappa shape index (κ1) is 11.4. The number of carbonyl (C=O) groups is 2. The van der Waals surface area contributed by atoms with E-state index >= 15 is 0 Å². The number of hydrogen-bond donors (Lipinski definition) is 1. The van der Waals surface area contributed by atoms with Gasteiger partial charge in [-0.1, -0.05) is 15.9 Å². The Bertz CT molecular complexity index is 161. The summed E-state index contributed by atoms with van der Waals surface area (Å²) in [6.45, 7) is 0.346. The molecular weight excluding hydrogens is 226 g/mol. The fourth-order valence-corrected chi connectivity index (χ4v) is 0.940. The summed E-state index contributed by atoms with van der Waals surface area (Å²) in [6, 6.07) is 0. The maximum absolute atomic E-state index is 10.8. The van der Waals surface area contributed by atoms with Crippen LogP contribution in [0.5, 0.6) is 0 Å². The number of esters is 1. The molecule has 0 aliphatic rings. The van der Waals surface area contributed by atoms with Crippen LogP contribution in [0, 0.1) is 0 Å². The predicted molar refractivity (Wildman–Crippen MR) is 48.1 cm³/mol. The molecule has 0 radical (unpaired) electrons. The van der Waals surface area contributed by atoms with E-state index in [0.29, 0.717) is 18.3 Å². The molecule has 0 atom stereocenters. The molecule has 1 amide bonds. The van der Waals surface area contributed by atoms with E-state index in [2.05, 4.69) is 26.0 Å². The van der Waals surface area contributed by atoms with Crippen molar-refractivity contribution in [2.24, 2.45) is 0 Å². The van der Waals surface area contributed by atoms with Gasteiger partial charge in [0, 0.05) is 18.3 Å². The van der Waals surface area contributed by atoms with Gasteiger partial charge in [0.1, 0.15) is 0 Å². The Morgan fingerprint density at radius 2 is 2.08 bits per heavy atom. The maximum Gasteiger partial charge on any atom is 0.307 e. The minimum absolute atomic E-state index is 0.0595. The highest BCUT2D eigenvalue weighted by Gasteiger charge is 2.02. The molecule has 4 nitrogen and oxygen atoms in total. The quantitative estimate of drug-likeness (QED) is 0.558. The van der Waals surface area contributed by atoms with Gasteiger partial charge in [0.15, 0.2) is 0 Å². The van der Waals surface area contributed by atoms with Crippen molar-refractivity contribution in [3.8, 4) is 0 Å². The topological polar surface area (TPSA) is 55.4 Å². The van der Waals surface area contributed by atoms with Gasteiger partial charge < -0.3 is 10.1 Å². The van der Waals surface area contributed by atoms with Crippen molar-refractivity contribution in [2.75, 3.05) is 19.0 Å². The van der Waals surface area contributed by atoms with Gasteiger partial charge in [-0.3, -0.25) is 9.59 Å².